The number of aliphatic hydroxyl groups excluding tert-OH is 1. The predicted octanol–water partition coefficient (Wildman–Crippen LogP) is 12.5. The lowest BCUT2D eigenvalue weighted by molar-refractivity contribution is -0.161. The molecule has 0 rings (SSSR count). The molecule has 272 valence electrons. The number of esters is 2. The number of rotatable bonds is 37. The second-order valence-electron chi connectivity index (χ2n) is 13.7. The summed E-state index contributed by atoms with van der Waals surface area (Å²) in [7, 11) is 0. The average molecular weight is 651 g/mol. The molecule has 5 nitrogen and oxygen atoms in total. The van der Waals surface area contributed by atoms with Crippen LogP contribution in [0.25, 0.3) is 0 Å². The molecule has 0 aromatic carbocycles. The molecule has 0 bridgehead atoms. The van der Waals surface area contributed by atoms with Gasteiger partial charge in [-0.2, -0.15) is 0 Å². The highest BCUT2D eigenvalue weighted by molar-refractivity contribution is 5.70. The van der Waals surface area contributed by atoms with E-state index in [0.29, 0.717) is 12.8 Å². The molecule has 0 aromatic heterocycles. The highest BCUT2D eigenvalue weighted by atomic mass is 16.6. The number of unbranched alkanes of at least 4 members (excludes halogenated alkanes) is 27. The molecule has 5 heteroatoms. The maximum atomic E-state index is 12.2. The fraction of sp³-hybridized carbons (Fsp3) is 0.902. The van der Waals surface area contributed by atoms with Crippen LogP contribution in [0.15, 0.2) is 12.2 Å². The van der Waals surface area contributed by atoms with Crippen molar-refractivity contribution in [3.05, 3.63) is 12.2 Å². The molecule has 0 aliphatic heterocycles. The van der Waals surface area contributed by atoms with Crippen LogP contribution in [0.2, 0.25) is 0 Å². The number of aliphatic hydroxyl groups is 1. The number of allylic oxidation sites excluding steroid dienone is 2. The van der Waals surface area contributed by atoms with Gasteiger partial charge in [0.1, 0.15) is 6.61 Å². The third-order valence-electron chi connectivity index (χ3n) is 9.06. The normalized spacial score (nSPS) is 12.2. The van der Waals surface area contributed by atoms with Crippen LogP contribution in [-0.4, -0.2) is 36.4 Å². The van der Waals surface area contributed by atoms with E-state index in [-0.39, 0.29) is 25.2 Å². The van der Waals surface area contributed by atoms with E-state index in [4.69, 9.17) is 9.47 Å². The monoisotopic (exact) mass is 651 g/mol. The fourth-order valence-corrected chi connectivity index (χ4v) is 5.96. The fourth-order valence-electron chi connectivity index (χ4n) is 5.96. The zero-order chi connectivity index (χ0) is 33.6. The van der Waals surface area contributed by atoms with Crippen molar-refractivity contribution in [3.8, 4) is 0 Å². The first-order valence-electron chi connectivity index (χ1n) is 20.2. The van der Waals surface area contributed by atoms with E-state index in [1.54, 1.807) is 0 Å². The van der Waals surface area contributed by atoms with Gasteiger partial charge in [0, 0.05) is 12.8 Å². The standard InChI is InChI=1S/C41H78O5/c1-3-5-7-9-11-13-15-17-19-20-22-23-25-27-29-31-33-35-40(43)45-38-39(37-42)46-41(44)36-34-32-30-28-26-24-21-18-16-14-12-10-8-6-4-2/h17,19,39,42H,3-16,18,20-38H2,1-2H3/t39-/m0/s1. The van der Waals surface area contributed by atoms with Gasteiger partial charge in [-0.05, 0) is 38.5 Å². The van der Waals surface area contributed by atoms with Crippen molar-refractivity contribution < 1.29 is 24.2 Å². The molecular formula is C41H78O5. The molecule has 1 N–H and O–H groups in total. The Morgan fingerprint density at radius 3 is 1.17 bits per heavy atom. The first-order valence-corrected chi connectivity index (χ1v) is 20.2. The van der Waals surface area contributed by atoms with Gasteiger partial charge in [0.05, 0.1) is 6.61 Å². The summed E-state index contributed by atoms with van der Waals surface area (Å²) in [6.07, 6.45) is 42.7. The highest BCUT2D eigenvalue weighted by Gasteiger charge is 2.16. The zero-order valence-electron chi connectivity index (χ0n) is 30.9. The summed E-state index contributed by atoms with van der Waals surface area (Å²) in [5.41, 5.74) is 0. The summed E-state index contributed by atoms with van der Waals surface area (Å²) in [6.45, 7) is 4.15. The van der Waals surface area contributed by atoms with Crippen LogP contribution in [0.4, 0.5) is 0 Å². The maximum absolute atomic E-state index is 12.2. The van der Waals surface area contributed by atoms with Gasteiger partial charge in [0.25, 0.3) is 0 Å². The molecule has 0 saturated heterocycles. The zero-order valence-corrected chi connectivity index (χ0v) is 30.9. The van der Waals surface area contributed by atoms with Crippen molar-refractivity contribution in [1.29, 1.82) is 0 Å². The molecule has 0 amide bonds. The lowest BCUT2D eigenvalue weighted by atomic mass is 10.0. The molecule has 0 heterocycles. The van der Waals surface area contributed by atoms with Crippen molar-refractivity contribution in [2.45, 2.75) is 225 Å². The molecule has 46 heavy (non-hydrogen) atoms. The molecule has 0 unspecified atom stereocenters. The number of carbonyl (C=O) groups is 2. The Morgan fingerprint density at radius 2 is 0.804 bits per heavy atom. The number of carbonyl (C=O) groups excluding carboxylic acids is 2. The Hall–Kier alpha value is -1.36. The molecule has 0 aliphatic carbocycles. The lowest BCUT2D eigenvalue weighted by Crippen LogP contribution is -2.28. The molecular weight excluding hydrogens is 572 g/mol. The minimum atomic E-state index is -0.766. The summed E-state index contributed by atoms with van der Waals surface area (Å²) in [5, 5.41) is 9.55. The molecule has 0 fully saturated rings. The Labute approximate surface area is 286 Å². The van der Waals surface area contributed by atoms with Gasteiger partial charge in [-0.15, -0.1) is 0 Å². The van der Waals surface area contributed by atoms with Gasteiger partial charge < -0.3 is 14.6 Å². The lowest BCUT2D eigenvalue weighted by Gasteiger charge is -2.15. The molecule has 0 aliphatic rings. The molecule has 1 atom stereocenters. The largest absolute Gasteiger partial charge is 0.462 e. The van der Waals surface area contributed by atoms with E-state index in [1.165, 1.54) is 154 Å². The van der Waals surface area contributed by atoms with E-state index in [9.17, 15) is 14.7 Å². The topological polar surface area (TPSA) is 72.8 Å². The van der Waals surface area contributed by atoms with E-state index in [1.807, 2.05) is 0 Å². The van der Waals surface area contributed by atoms with Crippen LogP contribution in [-0.2, 0) is 19.1 Å². The van der Waals surface area contributed by atoms with Crippen LogP contribution < -0.4 is 0 Å². The molecule has 0 radical (unpaired) electrons. The molecule has 0 aromatic rings. The van der Waals surface area contributed by atoms with Crippen LogP contribution in [0.5, 0.6) is 0 Å². The number of ether oxygens (including phenoxy) is 2. The summed E-state index contributed by atoms with van der Waals surface area (Å²) < 4.78 is 10.6. The van der Waals surface area contributed by atoms with Gasteiger partial charge >= 0.3 is 11.9 Å². The smallest absolute Gasteiger partial charge is 0.306 e. The van der Waals surface area contributed by atoms with E-state index in [2.05, 4.69) is 26.0 Å². The van der Waals surface area contributed by atoms with E-state index >= 15 is 0 Å². The van der Waals surface area contributed by atoms with Crippen LogP contribution >= 0.6 is 0 Å². The van der Waals surface area contributed by atoms with Crippen LogP contribution in [0.1, 0.15) is 219 Å². The third kappa shape index (κ3) is 35.5. The van der Waals surface area contributed by atoms with E-state index < -0.39 is 6.10 Å². The van der Waals surface area contributed by atoms with Crippen molar-refractivity contribution in [2.24, 2.45) is 0 Å². The van der Waals surface area contributed by atoms with Gasteiger partial charge in [0.2, 0.25) is 0 Å². The van der Waals surface area contributed by atoms with Gasteiger partial charge in [0.15, 0.2) is 6.10 Å². The second-order valence-corrected chi connectivity index (χ2v) is 13.7. The Morgan fingerprint density at radius 1 is 0.478 bits per heavy atom. The minimum Gasteiger partial charge on any atom is -0.462 e. The number of hydrogen-bond acceptors (Lipinski definition) is 5. The molecule has 0 spiro atoms. The number of hydrogen-bond donors (Lipinski definition) is 1. The Kier molecular flexibility index (Phi) is 37.0. The van der Waals surface area contributed by atoms with E-state index in [0.717, 1.165) is 38.5 Å². The summed E-state index contributed by atoms with van der Waals surface area (Å²) >= 11 is 0. The maximum Gasteiger partial charge on any atom is 0.306 e. The third-order valence-corrected chi connectivity index (χ3v) is 9.06. The van der Waals surface area contributed by atoms with Gasteiger partial charge in [-0.3, -0.25) is 9.59 Å². The summed E-state index contributed by atoms with van der Waals surface area (Å²) in [4.78, 5) is 24.2. The minimum absolute atomic E-state index is 0.0622. The first-order chi connectivity index (χ1) is 22.6. The molecule has 0 saturated carbocycles. The van der Waals surface area contributed by atoms with Crippen molar-refractivity contribution in [2.75, 3.05) is 13.2 Å². The SMILES string of the molecule is CCCCCCCCC=CCCCCCCCCCC(=O)OC[C@H](CO)OC(=O)CCCCCCCCCCCCCCCCC. The first kappa shape index (κ1) is 44.6. The van der Waals surface area contributed by atoms with Crippen LogP contribution in [0, 0.1) is 0 Å². The summed E-state index contributed by atoms with van der Waals surface area (Å²) in [5.74, 6) is -0.585. The average Bonchev–Trinajstić information content (AvgIpc) is 3.06. The van der Waals surface area contributed by atoms with Gasteiger partial charge in [-0.1, -0.05) is 180 Å². The Bertz CT molecular complexity index is 661. The van der Waals surface area contributed by atoms with Gasteiger partial charge in [-0.25, -0.2) is 0 Å². The van der Waals surface area contributed by atoms with Crippen molar-refractivity contribution >= 4 is 11.9 Å². The van der Waals surface area contributed by atoms with Crippen molar-refractivity contribution in [3.63, 3.8) is 0 Å². The van der Waals surface area contributed by atoms with Crippen molar-refractivity contribution in [1.82, 2.24) is 0 Å². The summed E-state index contributed by atoms with van der Waals surface area (Å²) in [6, 6.07) is 0. The van der Waals surface area contributed by atoms with Crippen LogP contribution in [0.3, 0.4) is 0 Å². The predicted molar refractivity (Wildman–Crippen MR) is 196 cm³/mol. The highest BCUT2D eigenvalue weighted by Crippen LogP contribution is 2.15. The second kappa shape index (κ2) is 38.1. The quantitative estimate of drug-likeness (QED) is 0.0411. The Balaban J connectivity index is 3.51.